The van der Waals surface area contributed by atoms with E-state index in [4.69, 9.17) is 11.6 Å². The van der Waals surface area contributed by atoms with Crippen LogP contribution in [0.4, 0.5) is 4.39 Å². The molecular weight excluding hydrogens is 457 g/mol. The van der Waals surface area contributed by atoms with Crippen molar-refractivity contribution in [1.82, 2.24) is 9.97 Å². The summed E-state index contributed by atoms with van der Waals surface area (Å²) in [4.78, 5) is 8.79. The fourth-order valence-corrected chi connectivity index (χ4v) is 2.91. The highest BCUT2D eigenvalue weighted by Gasteiger charge is 2.14. The maximum absolute atomic E-state index is 13.5. The van der Waals surface area contributed by atoms with Crippen molar-refractivity contribution in [3.8, 4) is 11.4 Å². The van der Waals surface area contributed by atoms with E-state index in [1.165, 1.54) is 12.1 Å². The quantitative estimate of drug-likeness (QED) is 0.438. The van der Waals surface area contributed by atoms with E-state index in [0.717, 1.165) is 15.7 Å². The van der Waals surface area contributed by atoms with Gasteiger partial charge >= 0.3 is 0 Å². The summed E-state index contributed by atoms with van der Waals surface area (Å²) in [6, 6.07) is 4.58. The average Bonchev–Trinajstić information content (AvgIpc) is 2.32. The fourth-order valence-electron chi connectivity index (χ4n) is 1.80. The zero-order chi connectivity index (χ0) is 14.9. The van der Waals surface area contributed by atoms with Crippen molar-refractivity contribution < 1.29 is 4.39 Å². The Morgan fingerprint density at radius 3 is 2.60 bits per heavy atom. The zero-order valence-electron chi connectivity index (χ0n) is 10.9. The Hall–Kier alpha value is -0.270. The number of aromatic nitrogens is 2. The van der Waals surface area contributed by atoms with Crippen LogP contribution in [0, 0.1) is 15.3 Å². The van der Waals surface area contributed by atoms with Gasteiger partial charge in [0.2, 0.25) is 0 Å². The van der Waals surface area contributed by atoms with Gasteiger partial charge in [-0.15, -0.1) is 0 Å². The lowest BCUT2D eigenvalue weighted by Gasteiger charge is -2.10. The van der Waals surface area contributed by atoms with Gasteiger partial charge in [-0.05, 0) is 53.1 Å². The molecule has 0 N–H and O–H groups in total. The molecule has 0 saturated heterocycles. The van der Waals surface area contributed by atoms with Crippen LogP contribution < -0.4 is 0 Å². The molecule has 0 fully saturated rings. The molecule has 2 aromatic rings. The van der Waals surface area contributed by atoms with Gasteiger partial charge in [-0.25, -0.2) is 14.4 Å². The molecule has 20 heavy (non-hydrogen) atoms. The van der Waals surface area contributed by atoms with Crippen LogP contribution in [0.1, 0.15) is 19.5 Å². The van der Waals surface area contributed by atoms with Crippen molar-refractivity contribution in [3.63, 3.8) is 0 Å². The van der Waals surface area contributed by atoms with Gasteiger partial charge < -0.3 is 0 Å². The highest BCUT2D eigenvalue weighted by molar-refractivity contribution is 14.1. The normalized spacial score (nSPS) is 11.2. The molecule has 0 aliphatic rings. The first kappa shape index (κ1) is 16.1. The molecule has 0 aliphatic heterocycles. The van der Waals surface area contributed by atoms with E-state index in [2.05, 4.69) is 62.3 Å². The lowest BCUT2D eigenvalue weighted by molar-refractivity contribution is 0.626. The van der Waals surface area contributed by atoms with E-state index < -0.39 is 0 Å². The molecule has 106 valence electrons. The first-order valence-corrected chi connectivity index (χ1v) is 8.30. The number of rotatable bonds is 3. The Morgan fingerprint density at radius 1 is 1.30 bits per heavy atom. The molecule has 0 unspecified atom stereocenters. The summed E-state index contributed by atoms with van der Waals surface area (Å²) in [6.07, 6.45) is 0.810. The summed E-state index contributed by atoms with van der Waals surface area (Å²) < 4.78 is 15.0. The monoisotopic (exact) mass is 468 g/mol. The van der Waals surface area contributed by atoms with Crippen LogP contribution in [0.15, 0.2) is 22.7 Å². The number of hydrogen-bond donors (Lipinski definition) is 0. The molecule has 0 bridgehead atoms. The van der Waals surface area contributed by atoms with Gasteiger partial charge in [0, 0.05) is 10.0 Å². The predicted molar refractivity (Wildman–Crippen MR) is 91.4 cm³/mol. The Bertz CT molecular complexity index is 629. The van der Waals surface area contributed by atoms with E-state index in [-0.39, 0.29) is 5.82 Å². The number of hydrogen-bond acceptors (Lipinski definition) is 2. The molecule has 0 aliphatic carbocycles. The highest BCUT2D eigenvalue weighted by Crippen LogP contribution is 2.27. The van der Waals surface area contributed by atoms with Crippen LogP contribution in [0.3, 0.4) is 0 Å². The molecule has 2 nitrogen and oxygen atoms in total. The minimum Gasteiger partial charge on any atom is -0.232 e. The summed E-state index contributed by atoms with van der Waals surface area (Å²) in [5, 5.41) is 0.409. The lowest BCUT2D eigenvalue weighted by atomic mass is 10.1. The second-order valence-electron chi connectivity index (χ2n) is 4.85. The van der Waals surface area contributed by atoms with Gasteiger partial charge in [-0.2, -0.15) is 0 Å². The first-order chi connectivity index (χ1) is 9.36. The Morgan fingerprint density at radius 2 is 2.00 bits per heavy atom. The third kappa shape index (κ3) is 3.89. The molecule has 1 aromatic carbocycles. The summed E-state index contributed by atoms with van der Waals surface area (Å²) in [7, 11) is 0. The highest BCUT2D eigenvalue weighted by atomic mass is 127. The summed E-state index contributed by atoms with van der Waals surface area (Å²) in [6.45, 7) is 4.23. The summed E-state index contributed by atoms with van der Waals surface area (Å²) >= 11 is 11.6. The average molecular weight is 470 g/mol. The van der Waals surface area contributed by atoms with Crippen LogP contribution in [-0.2, 0) is 6.42 Å². The van der Waals surface area contributed by atoms with E-state index >= 15 is 0 Å². The first-order valence-electron chi connectivity index (χ1n) is 6.05. The minimum absolute atomic E-state index is 0.335. The number of benzene rings is 1. The van der Waals surface area contributed by atoms with E-state index in [1.54, 1.807) is 6.07 Å². The maximum atomic E-state index is 13.5. The van der Waals surface area contributed by atoms with Gasteiger partial charge in [-0.1, -0.05) is 41.4 Å². The SMILES string of the molecule is CC(C)Cc1nc(-c2cc(F)cc(Br)c2)nc(Cl)c1I. The standard InChI is InChI=1S/C14H12BrClFIN2/c1-7(2)3-11-12(18)13(16)20-14(19-11)8-4-9(15)6-10(17)5-8/h4-7H,3H2,1-2H3. The summed E-state index contributed by atoms with van der Waals surface area (Å²) in [5.41, 5.74) is 1.51. The van der Waals surface area contributed by atoms with E-state index in [1.807, 2.05) is 0 Å². The van der Waals surface area contributed by atoms with Gasteiger partial charge in [0.05, 0.1) is 9.26 Å². The van der Waals surface area contributed by atoms with Crippen molar-refractivity contribution in [1.29, 1.82) is 0 Å². The smallest absolute Gasteiger partial charge is 0.161 e. The Balaban J connectivity index is 2.54. The molecule has 0 atom stereocenters. The van der Waals surface area contributed by atoms with Crippen LogP contribution in [0.5, 0.6) is 0 Å². The molecule has 0 amide bonds. The molecule has 1 aromatic heterocycles. The van der Waals surface area contributed by atoms with E-state index in [0.29, 0.717) is 26.9 Å². The lowest BCUT2D eigenvalue weighted by Crippen LogP contribution is -2.04. The second-order valence-corrected chi connectivity index (χ2v) is 7.21. The molecule has 2 rings (SSSR count). The van der Waals surface area contributed by atoms with Crippen molar-refractivity contribution >= 4 is 50.1 Å². The van der Waals surface area contributed by atoms with Gasteiger partial charge in [0.25, 0.3) is 0 Å². The van der Waals surface area contributed by atoms with Crippen LogP contribution in [0.2, 0.25) is 5.15 Å². The third-order valence-electron chi connectivity index (χ3n) is 2.60. The molecular formula is C14H12BrClFIN2. The molecule has 0 radical (unpaired) electrons. The Kier molecular flexibility index (Phi) is 5.36. The van der Waals surface area contributed by atoms with Gasteiger partial charge in [0.1, 0.15) is 11.0 Å². The number of nitrogens with zero attached hydrogens (tertiary/aromatic N) is 2. The van der Waals surface area contributed by atoms with Crippen LogP contribution >= 0.6 is 50.1 Å². The maximum Gasteiger partial charge on any atom is 0.161 e. The van der Waals surface area contributed by atoms with Crippen molar-refractivity contribution in [2.75, 3.05) is 0 Å². The van der Waals surface area contributed by atoms with E-state index in [9.17, 15) is 4.39 Å². The topological polar surface area (TPSA) is 25.8 Å². The molecule has 1 heterocycles. The largest absolute Gasteiger partial charge is 0.232 e. The van der Waals surface area contributed by atoms with Crippen molar-refractivity contribution in [3.05, 3.63) is 42.9 Å². The van der Waals surface area contributed by atoms with Crippen LogP contribution in [0.25, 0.3) is 11.4 Å². The van der Waals surface area contributed by atoms with Gasteiger partial charge in [0.15, 0.2) is 5.82 Å². The fraction of sp³-hybridized carbons (Fsp3) is 0.286. The third-order valence-corrected chi connectivity index (χ3v) is 4.79. The molecule has 0 spiro atoms. The second kappa shape index (κ2) is 6.66. The zero-order valence-corrected chi connectivity index (χ0v) is 15.4. The van der Waals surface area contributed by atoms with Crippen molar-refractivity contribution in [2.45, 2.75) is 20.3 Å². The van der Waals surface area contributed by atoms with Gasteiger partial charge in [-0.3, -0.25) is 0 Å². The Labute approximate surface area is 144 Å². The van der Waals surface area contributed by atoms with Crippen LogP contribution in [-0.4, -0.2) is 9.97 Å². The molecule has 6 heteroatoms. The number of halogens is 4. The summed E-state index contributed by atoms with van der Waals surface area (Å²) in [5.74, 6) is 0.575. The predicted octanol–water partition coefficient (Wildman–Crippen LogP) is 5.50. The minimum atomic E-state index is -0.335. The molecule has 0 saturated carbocycles. The van der Waals surface area contributed by atoms with Crippen molar-refractivity contribution in [2.24, 2.45) is 5.92 Å².